The first-order chi connectivity index (χ1) is 8.97. The molecule has 3 heteroatoms. The monoisotopic (exact) mass is 272 g/mol. The maximum absolute atomic E-state index is 12.1. The van der Waals surface area contributed by atoms with E-state index in [1.54, 1.807) is 30.3 Å². The topological polar surface area (TPSA) is 34.1 Å². The van der Waals surface area contributed by atoms with Crippen LogP contribution in [0.1, 0.15) is 16.7 Å². The lowest BCUT2D eigenvalue weighted by atomic mass is 10.1. The Kier molecular flexibility index (Phi) is 3.86. The van der Waals surface area contributed by atoms with Gasteiger partial charge in [-0.05, 0) is 37.6 Å². The zero-order chi connectivity index (χ0) is 13.9. The Hall–Kier alpha value is -1.87. The first-order valence-electron chi connectivity index (χ1n) is 6.04. The van der Waals surface area contributed by atoms with Gasteiger partial charge in [-0.1, -0.05) is 47.5 Å². The van der Waals surface area contributed by atoms with Crippen LogP contribution in [-0.2, 0) is 9.84 Å². The molecule has 0 bridgehead atoms. The molecule has 2 aromatic rings. The highest BCUT2D eigenvalue weighted by Gasteiger charge is 2.09. The molecule has 19 heavy (non-hydrogen) atoms. The van der Waals surface area contributed by atoms with E-state index in [2.05, 4.69) is 0 Å². The van der Waals surface area contributed by atoms with Crippen LogP contribution in [0.3, 0.4) is 0 Å². The van der Waals surface area contributed by atoms with Crippen LogP contribution >= 0.6 is 0 Å². The Morgan fingerprint density at radius 2 is 1.58 bits per heavy atom. The predicted octanol–water partition coefficient (Wildman–Crippen LogP) is 3.75. The Labute approximate surface area is 114 Å². The molecule has 0 saturated heterocycles. The van der Waals surface area contributed by atoms with Crippen LogP contribution in [0, 0.1) is 13.8 Å². The highest BCUT2D eigenvalue weighted by Crippen LogP contribution is 2.15. The van der Waals surface area contributed by atoms with Gasteiger partial charge in [-0.2, -0.15) is 0 Å². The normalized spacial score (nSPS) is 11.9. The maximum Gasteiger partial charge on any atom is 0.199 e. The van der Waals surface area contributed by atoms with Gasteiger partial charge in [0.15, 0.2) is 9.84 Å². The summed E-state index contributed by atoms with van der Waals surface area (Å²) in [5, 5.41) is 1.26. The van der Waals surface area contributed by atoms with Crippen LogP contribution in [0.25, 0.3) is 6.08 Å². The molecule has 0 heterocycles. The minimum atomic E-state index is -3.37. The van der Waals surface area contributed by atoms with Gasteiger partial charge in [0.2, 0.25) is 0 Å². The van der Waals surface area contributed by atoms with Crippen molar-refractivity contribution in [3.63, 3.8) is 0 Å². The molecule has 0 aliphatic rings. The first-order valence-corrected chi connectivity index (χ1v) is 7.58. The zero-order valence-electron chi connectivity index (χ0n) is 11.0. The van der Waals surface area contributed by atoms with E-state index in [0.29, 0.717) is 4.90 Å². The van der Waals surface area contributed by atoms with Gasteiger partial charge >= 0.3 is 0 Å². The third-order valence-electron chi connectivity index (χ3n) is 2.83. The molecule has 0 amide bonds. The van der Waals surface area contributed by atoms with Gasteiger partial charge in [-0.25, -0.2) is 8.42 Å². The van der Waals surface area contributed by atoms with E-state index in [9.17, 15) is 8.42 Å². The smallest absolute Gasteiger partial charge is 0.199 e. The van der Waals surface area contributed by atoms with E-state index in [4.69, 9.17) is 0 Å². The number of aryl methyl sites for hydroxylation is 2. The predicted molar refractivity (Wildman–Crippen MR) is 78.6 cm³/mol. The van der Waals surface area contributed by atoms with Crippen LogP contribution in [0.4, 0.5) is 0 Å². The summed E-state index contributed by atoms with van der Waals surface area (Å²) in [6.45, 7) is 3.91. The molecule has 0 aromatic heterocycles. The van der Waals surface area contributed by atoms with Gasteiger partial charge in [0, 0.05) is 5.41 Å². The number of rotatable bonds is 3. The van der Waals surface area contributed by atoms with Crippen molar-refractivity contribution in [3.8, 4) is 0 Å². The lowest BCUT2D eigenvalue weighted by molar-refractivity contribution is 0.605. The lowest BCUT2D eigenvalue weighted by Gasteiger charge is -2.00. The average molecular weight is 272 g/mol. The Morgan fingerprint density at radius 3 is 2.21 bits per heavy atom. The fraction of sp³-hybridized carbons (Fsp3) is 0.125. The van der Waals surface area contributed by atoms with E-state index in [1.165, 1.54) is 5.41 Å². The summed E-state index contributed by atoms with van der Waals surface area (Å²) >= 11 is 0. The molecule has 0 fully saturated rings. The molecule has 0 aliphatic heterocycles. The van der Waals surface area contributed by atoms with Crippen molar-refractivity contribution in [2.45, 2.75) is 18.7 Å². The van der Waals surface area contributed by atoms with Gasteiger partial charge in [-0.3, -0.25) is 0 Å². The Bertz CT molecular complexity index is 696. The second-order valence-corrected chi connectivity index (χ2v) is 6.41. The van der Waals surface area contributed by atoms with Crippen LogP contribution < -0.4 is 0 Å². The maximum atomic E-state index is 12.1. The lowest BCUT2D eigenvalue weighted by Crippen LogP contribution is -1.95. The van der Waals surface area contributed by atoms with Gasteiger partial charge in [0.1, 0.15) is 0 Å². The van der Waals surface area contributed by atoms with Crippen LogP contribution in [-0.4, -0.2) is 8.42 Å². The minimum Gasteiger partial charge on any atom is -0.219 e. The van der Waals surface area contributed by atoms with Gasteiger partial charge < -0.3 is 0 Å². The number of hydrogen-bond acceptors (Lipinski definition) is 2. The second kappa shape index (κ2) is 5.41. The van der Waals surface area contributed by atoms with Crippen LogP contribution in [0.5, 0.6) is 0 Å². The van der Waals surface area contributed by atoms with E-state index >= 15 is 0 Å². The quantitative estimate of drug-likeness (QED) is 0.852. The number of sulfone groups is 1. The molecule has 0 N–H and O–H groups in total. The highest BCUT2D eigenvalue weighted by molar-refractivity contribution is 7.94. The highest BCUT2D eigenvalue weighted by atomic mass is 32.2. The molecule has 0 spiro atoms. The van der Waals surface area contributed by atoms with Crippen molar-refractivity contribution in [2.75, 3.05) is 0 Å². The number of benzene rings is 2. The van der Waals surface area contributed by atoms with Crippen molar-refractivity contribution in [3.05, 3.63) is 70.6 Å². The summed E-state index contributed by atoms with van der Waals surface area (Å²) in [5.41, 5.74) is 3.03. The summed E-state index contributed by atoms with van der Waals surface area (Å²) in [7, 11) is -3.37. The van der Waals surface area contributed by atoms with E-state index in [1.807, 2.05) is 38.1 Å². The summed E-state index contributed by atoms with van der Waals surface area (Å²) in [6.07, 6.45) is 1.63. The van der Waals surface area contributed by atoms with Crippen molar-refractivity contribution in [1.82, 2.24) is 0 Å². The number of hydrogen-bond donors (Lipinski definition) is 0. The fourth-order valence-electron chi connectivity index (χ4n) is 1.75. The zero-order valence-corrected chi connectivity index (χ0v) is 11.8. The van der Waals surface area contributed by atoms with E-state index in [-0.39, 0.29) is 0 Å². The third-order valence-corrected chi connectivity index (χ3v) is 4.25. The molecule has 0 atom stereocenters. The molecule has 0 saturated carbocycles. The van der Waals surface area contributed by atoms with E-state index < -0.39 is 9.84 Å². The standard InChI is InChI=1S/C16H16O2S/c1-13-6-8-16(9-7-13)19(17,18)11-10-15-5-3-4-14(2)12-15/h3-12H,1-2H3/b11-10+. The molecule has 0 unspecified atom stereocenters. The van der Waals surface area contributed by atoms with Crippen molar-refractivity contribution >= 4 is 15.9 Å². The third kappa shape index (κ3) is 3.55. The fourth-order valence-corrected chi connectivity index (χ4v) is 2.76. The van der Waals surface area contributed by atoms with Gasteiger partial charge in [-0.15, -0.1) is 0 Å². The summed E-state index contributed by atoms with van der Waals surface area (Å²) in [5.74, 6) is 0. The average Bonchev–Trinajstić information content (AvgIpc) is 2.37. The molecule has 2 nitrogen and oxygen atoms in total. The molecule has 98 valence electrons. The molecule has 2 aromatic carbocycles. The largest absolute Gasteiger partial charge is 0.219 e. The Balaban J connectivity index is 2.29. The molecule has 2 rings (SSSR count). The SMILES string of the molecule is Cc1ccc(S(=O)(=O)/C=C/c2cccc(C)c2)cc1. The van der Waals surface area contributed by atoms with Gasteiger partial charge in [0.05, 0.1) is 4.90 Å². The second-order valence-electron chi connectivity index (χ2n) is 4.57. The van der Waals surface area contributed by atoms with Crippen LogP contribution in [0.15, 0.2) is 58.8 Å². The molecule has 0 radical (unpaired) electrons. The van der Waals surface area contributed by atoms with Crippen LogP contribution in [0.2, 0.25) is 0 Å². The summed E-state index contributed by atoms with van der Waals surface area (Å²) in [4.78, 5) is 0.321. The van der Waals surface area contributed by atoms with Crippen molar-refractivity contribution in [1.29, 1.82) is 0 Å². The first kappa shape index (κ1) is 13.6. The Morgan fingerprint density at radius 1 is 0.895 bits per heavy atom. The van der Waals surface area contributed by atoms with Crippen molar-refractivity contribution in [2.24, 2.45) is 0 Å². The summed E-state index contributed by atoms with van der Waals surface area (Å²) in [6, 6.07) is 14.6. The molecule has 0 aliphatic carbocycles. The van der Waals surface area contributed by atoms with E-state index in [0.717, 1.165) is 16.7 Å². The molecular formula is C16H16O2S. The summed E-state index contributed by atoms with van der Waals surface area (Å²) < 4.78 is 24.2. The molecular weight excluding hydrogens is 256 g/mol. The van der Waals surface area contributed by atoms with Gasteiger partial charge in [0.25, 0.3) is 0 Å². The van der Waals surface area contributed by atoms with Crippen molar-refractivity contribution < 1.29 is 8.42 Å². The minimum absolute atomic E-state index is 0.321.